The first-order valence-electron chi connectivity index (χ1n) is 11.8. The van der Waals surface area contributed by atoms with Crippen molar-refractivity contribution in [3.05, 3.63) is 44.9 Å². The maximum atomic E-state index is 13.2. The summed E-state index contributed by atoms with van der Waals surface area (Å²) < 4.78 is 30.9. The van der Waals surface area contributed by atoms with Gasteiger partial charge in [-0.25, -0.2) is 4.98 Å². The van der Waals surface area contributed by atoms with Crippen molar-refractivity contribution in [3.8, 4) is 0 Å². The van der Waals surface area contributed by atoms with Crippen LogP contribution >= 0.6 is 22.9 Å². The fraction of sp³-hybridized carbons (Fsp3) is 0.522. The van der Waals surface area contributed by atoms with Crippen molar-refractivity contribution in [2.24, 2.45) is 5.92 Å². The molecule has 2 aliphatic rings. The van der Waals surface area contributed by atoms with Gasteiger partial charge in [0.2, 0.25) is 5.91 Å². The number of aromatic nitrogens is 1. The fourth-order valence-corrected chi connectivity index (χ4v) is 7.02. The number of halogens is 1. The zero-order chi connectivity index (χ0) is 26.0. The predicted molar refractivity (Wildman–Crippen MR) is 140 cm³/mol. The molecule has 10 nitrogen and oxygen atoms in total. The van der Waals surface area contributed by atoms with E-state index in [1.807, 2.05) is 7.05 Å². The summed E-state index contributed by atoms with van der Waals surface area (Å²) in [6.45, 7) is 1.64. The number of rotatable bonds is 7. The molecule has 1 aliphatic heterocycles. The van der Waals surface area contributed by atoms with E-state index in [0.717, 1.165) is 30.1 Å². The van der Waals surface area contributed by atoms with Crippen LogP contribution in [0.25, 0.3) is 0 Å². The average Bonchev–Trinajstić information content (AvgIpc) is 3.24. The summed E-state index contributed by atoms with van der Waals surface area (Å²) in [4.78, 5) is 35.2. The van der Waals surface area contributed by atoms with Crippen LogP contribution < -0.4 is 14.8 Å². The number of hydrogen-bond acceptors (Lipinski definition) is 7. The van der Waals surface area contributed by atoms with Crippen molar-refractivity contribution in [1.82, 2.24) is 24.8 Å². The highest BCUT2D eigenvalue weighted by molar-refractivity contribution is 7.90. The molecule has 1 saturated carbocycles. The van der Waals surface area contributed by atoms with Gasteiger partial charge in [-0.05, 0) is 50.6 Å². The maximum absolute atomic E-state index is 13.2. The van der Waals surface area contributed by atoms with Gasteiger partial charge in [0.05, 0.1) is 5.69 Å². The minimum absolute atomic E-state index is 0.0393. The lowest BCUT2D eigenvalue weighted by molar-refractivity contribution is -0.134. The highest BCUT2D eigenvalue weighted by Crippen LogP contribution is 2.29. The maximum Gasteiger partial charge on any atom is 0.299 e. The van der Waals surface area contributed by atoms with Gasteiger partial charge in [0.15, 0.2) is 5.01 Å². The third-order valence-electron chi connectivity index (χ3n) is 6.48. The van der Waals surface area contributed by atoms with Crippen LogP contribution in [0.15, 0.2) is 24.3 Å². The van der Waals surface area contributed by atoms with E-state index in [2.05, 4.69) is 24.6 Å². The molecule has 0 saturated heterocycles. The zero-order valence-corrected chi connectivity index (χ0v) is 22.8. The van der Waals surface area contributed by atoms with Crippen LogP contribution in [0.3, 0.4) is 0 Å². The normalized spacial score (nSPS) is 22.5. The molecule has 0 spiro atoms. The van der Waals surface area contributed by atoms with Crippen molar-refractivity contribution in [3.63, 3.8) is 0 Å². The molecule has 36 heavy (non-hydrogen) atoms. The lowest BCUT2D eigenvalue weighted by atomic mass is 9.82. The van der Waals surface area contributed by atoms with Crippen LogP contribution in [0.4, 0.5) is 5.69 Å². The van der Waals surface area contributed by atoms with E-state index in [9.17, 15) is 18.0 Å². The molecule has 2 amide bonds. The first-order valence-corrected chi connectivity index (χ1v) is 14.4. The van der Waals surface area contributed by atoms with Crippen molar-refractivity contribution >= 4 is 50.6 Å². The van der Waals surface area contributed by atoms with Gasteiger partial charge >= 0.3 is 0 Å². The Balaban J connectivity index is 1.50. The van der Waals surface area contributed by atoms with Crippen molar-refractivity contribution in [2.45, 2.75) is 44.3 Å². The lowest BCUT2D eigenvalue weighted by Gasteiger charge is -2.36. The highest BCUT2D eigenvalue weighted by atomic mass is 35.5. The van der Waals surface area contributed by atoms with E-state index < -0.39 is 22.3 Å². The van der Waals surface area contributed by atoms with E-state index in [1.165, 1.54) is 16.2 Å². The number of nitrogens with one attached hydrogen (secondary N) is 3. The number of thiazole rings is 1. The van der Waals surface area contributed by atoms with Gasteiger partial charge in [-0.15, -0.1) is 11.3 Å². The molecule has 0 radical (unpaired) electrons. The SMILES string of the molecule is CN1CCc2nc(C(=O)NC3CC(C(=O)N(C)C)CCC3NS(=O)(=O)Nc3ccc(Cl)cc3)sc2C1. The summed E-state index contributed by atoms with van der Waals surface area (Å²) in [5.74, 6) is -0.703. The molecule has 1 aliphatic carbocycles. The van der Waals surface area contributed by atoms with Crippen LogP contribution in [0.2, 0.25) is 5.02 Å². The van der Waals surface area contributed by atoms with Crippen LogP contribution in [-0.2, 0) is 28.0 Å². The van der Waals surface area contributed by atoms with Crippen LogP contribution in [0, 0.1) is 5.92 Å². The second-order valence-electron chi connectivity index (χ2n) is 9.54. The Bertz CT molecular complexity index is 1220. The number of likely N-dealkylation sites (N-methyl/N-ethyl adjacent to an activating group) is 1. The number of benzene rings is 1. The number of amides is 2. The Labute approximate surface area is 220 Å². The van der Waals surface area contributed by atoms with Gasteiger partial charge < -0.3 is 15.1 Å². The number of carbonyl (C=O) groups excluding carboxylic acids is 2. The average molecular weight is 555 g/mol. The molecule has 1 aromatic carbocycles. The van der Waals surface area contributed by atoms with Crippen molar-refractivity contribution < 1.29 is 18.0 Å². The van der Waals surface area contributed by atoms with Gasteiger partial charge in [-0.3, -0.25) is 14.3 Å². The Morgan fingerprint density at radius 3 is 2.58 bits per heavy atom. The number of anilines is 1. The van der Waals surface area contributed by atoms with Gasteiger partial charge in [0.25, 0.3) is 16.1 Å². The minimum atomic E-state index is -3.95. The molecule has 3 N–H and O–H groups in total. The first-order chi connectivity index (χ1) is 17.0. The monoisotopic (exact) mass is 554 g/mol. The second-order valence-corrected chi connectivity index (χ2v) is 12.5. The number of fused-ring (bicyclic) bond motifs is 1. The molecular weight excluding hydrogens is 524 g/mol. The van der Waals surface area contributed by atoms with E-state index in [0.29, 0.717) is 35.0 Å². The highest BCUT2D eigenvalue weighted by Gasteiger charge is 2.38. The Morgan fingerprint density at radius 2 is 1.89 bits per heavy atom. The standard InChI is InChI=1S/C23H31ClN6O4S2/c1-29(2)23(32)14-4-9-17(28-36(33,34)27-16-7-5-15(24)6-8-16)19(12-14)25-21(31)22-26-18-10-11-30(3)13-20(18)35-22/h5-8,14,17,19,27-28H,4,9-13H2,1-3H3,(H,25,31). The van der Waals surface area contributed by atoms with E-state index in [1.54, 1.807) is 38.4 Å². The minimum Gasteiger partial charge on any atom is -0.349 e. The number of nitrogens with zero attached hydrogens (tertiary/aromatic N) is 3. The van der Waals surface area contributed by atoms with Crippen molar-refractivity contribution in [1.29, 1.82) is 0 Å². The Kier molecular flexibility index (Phi) is 8.20. The third-order valence-corrected chi connectivity index (χ3v) is 8.93. The summed E-state index contributed by atoms with van der Waals surface area (Å²) >= 11 is 7.25. The summed E-state index contributed by atoms with van der Waals surface area (Å²) in [7, 11) is 1.46. The van der Waals surface area contributed by atoms with Gasteiger partial charge in [-0.1, -0.05) is 11.6 Å². The molecule has 4 rings (SSSR count). The second kappa shape index (κ2) is 11.0. The molecule has 13 heteroatoms. The van der Waals surface area contributed by atoms with Crippen LogP contribution in [-0.4, -0.2) is 74.8 Å². The molecule has 2 aromatic rings. The van der Waals surface area contributed by atoms with E-state index >= 15 is 0 Å². The Morgan fingerprint density at radius 1 is 1.17 bits per heavy atom. The molecule has 1 aromatic heterocycles. The van der Waals surface area contributed by atoms with Gasteiger partial charge in [0.1, 0.15) is 0 Å². The number of hydrogen-bond donors (Lipinski definition) is 3. The van der Waals surface area contributed by atoms with Crippen molar-refractivity contribution in [2.75, 3.05) is 32.4 Å². The summed E-state index contributed by atoms with van der Waals surface area (Å²) in [5, 5.41) is 3.83. The first kappa shape index (κ1) is 26.8. The predicted octanol–water partition coefficient (Wildman–Crippen LogP) is 2.09. The summed E-state index contributed by atoms with van der Waals surface area (Å²) in [6.07, 6.45) is 2.02. The van der Waals surface area contributed by atoms with E-state index in [-0.39, 0.29) is 17.7 Å². The lowest BCUT2D eigenvalue weighted by Crippen LogP contribution is -2.56. The molecule has 196 valence electrons. The van der Waals surface area contributed by atoms with E-state index in [4.69, 9.17) is 11.6 Å². The summed E-state index contributed by atoms with van der Waals surface area (Å²) in [6, 6.07) is 5.14. The largest absolute Gasteiger partial charge is 0.349 e. The summed E-state index contributed by atoms with van der Waals surface area (Å²) in [5.41, 5.74) is 1.30. The molecule has 3 atom stereocenters. The topological polar surface area (TPSA) is 124 Å². The smallest absolute Gasteiger partial charge is 0.299 e. The number of carbonyl (C=O) groups is 2. The Hall–Kier alpha value is -2.25. The molecule has 2 heterocycles. The fourth-order valence-electron chi connectivity index (χ4n) is 4.61. The van der Waals surface area contributed by atoms with Crippen LogP contribution in [0.5, 0.6) is 0 Å². The van der Waals surface area contributed by atoms with Crippen LogP contribution in [0.1, 0.15) is 39.6 Å². The third kappa shape index (κ3) is 6.54. The molecule has 0 bridgehead atoms. The van der Waals surface area contributed by atoms with Gasteiger partial charge in [-0.2, -0.15) is 13.1 Å². The molecule has 3 unspecified atom stereocenters. The molecular formula is C23H31ClN6O4S2. The molecule has 1 fully saturated rings. The quantitative estimate of drug-likeness (QED) is 0.481. The zero-order valence-electron chi connectivity index (χ0n) is 20.5. The van der Waals surface area contributed by atoms with Gasteiger partial charge in [0, 0.05) is 67.2 Å².